The molecule has 1 rings (SSSR count). The van der Waals surface area contributed by atoms with Crippen LogP contribution in [0.3, 0.4) is 0 Å². The van der Waals surface area contributed by atoms with Crippen LogP contribution in [0.25, 0.3) is 0 Å². The number of benzene rings is 1. The molecule has 0 saturated carbocycles. The van der Waals surface area contributed by atoms with E-state index in [9.17, 15) is 4.79 Å². The molecule has 0 amide bonds. The SMILES string of the molecule is COCCN(CC(=O)O)Cc1cc(C)c(C)cc1C. The lowest BCUT2D eigenvalue weighted by molar-refractivity contribution is -0.138. The van der Waals surface area contributed by atoms with Crippen molar-refractivity contribution in [2.75, 3.05) is 26.8 Å². The number of aryl methyl sites for hydroxylation is 3. The molecule has 106 valence electrons. The fourth-order valence-electron chi connectivity index (χ4n) is 2.06. The van der Waals surface area contributed by atoms with Crippen molar-refractivity contribution >= 4 is 5.97 Å². The van der Waals surface area contributed by atoms with Crippen LogP contribution < -0.4 is 0 Å². The molecular weight excluding hydrogens is 242 g/mol. The Balaban J connectivity index is 2.82. The Morgan fingerprint density at radius 1 is 1.21 bits per heavy atom. The lowest BCUT2D eigenvalue weighted by Crippen LogP contribution is -2.32. The molecule has 0 saturated heterocycles. The summed E-state index contributed by atoms with van der Waals surface area (Å²) in [4.78, 5) is 12.8. The number of carboxylic acids is 1. The summed E-state index contributed by atoms with van der Waals surface area (Å²) in [6, 6.07) is 4.30. The summed E-state index contributed by atoms with van der Waals surface area (Å²) in [6.07, 6.45) is 0. The summed E-state index contributed by atoms with van der Waals surface area (Å²) in [7, 11) is 1.63. The molecule has 0 aliphatic heterocycles. The molecule has 0 atom stereocenters. The van der Waals surface area contributed by atoms with Crippen molar-refractivity contribution in [1.29, 1.82) is 0 Å². The number of ether oxygens (including phenoxy) is 1. The van der Waals surface area contributed by atoms with Gasteiger partial charge in [0.1, 0.15) is 0 Å². The van der Waals surface area contributed by atoms with Crippen molar-refractivity contribution in [2.45, 2.75) is 27.3 Å². The maximum absolute atomic E-state index is 10.9. The van der Waals surface area contributed by atoms with E-state index in [1.165, 1.54) is 22.3 Å². The normalized spacial score (nSPS) is 11.0. The fraction of sp³-hybridized carbons (Fsp3) is 0.533. The standard InChI is InChI=1S/C15H23NO3/c1-11-7-13(3)14(8-12(11)2)9-16(5-6-19-4)10-15(17)18/h7-8H,5-6,9-10H2,1-4H3,(H,17,18). The first-order valence-corrected chi connectivity index (χ1v) is 6.44. The molecule has 4 heteroatoms. The maximum atomic E-state index is 10.9. The van der Waals surface area contributed by atoms with Crippen LogP contribution in [0.4, 0.5) is 0 Å². The first-order chi connectivity index (χ1) is 8.93. The molecule has 0 fully saturated rings. The number of nitrogens with zero attached hydrogens (tertiary/aromatic N) is 1. The van der Waals surface area contributed by atoms with Gasteiger partial charge in [0.25, 0.3) is 0 Å². The van der Waals surface area contributed by atoms with Crippen LogP contribution in [0.2, 0.25) is 0 Å². The highest BCUT2D eigenvalue weighted by atomic mass is 16.5. The van der Waals surface area contributed by atoms with Gasteiger partial charge < -0.3 is 9.84 Å². The van der Waals surface area contributed by atoms with Crippen molar-refractivity contribution in [3.8, 4) is 0 Å². The minimum atomic E-state index is -0.808. The van der Waals surface area contributed by atoms with E-state index in [1.807, 2.05) is 4.90 Å². The molecule has 0 aromatic heterocycles. The minimum Gasteiger partial charge on any atom is -0.480 e. The van der Waals surface area contributed by atoms with Gasteiger partial charge in [-0.2, -0.15) is 0 Å². The number of carboxylic acid groups (broad SMARTS) is 1. The third kappa shape index (κ3) is 5.01. The largest absolute Gasteiger partial charge is 0.480 e. The predicted octanol–water partition coefficient (Wildman–Crippen LogP) is 2.14. The van der Waals surface area contributed by atoms with Crippen LogP contribution in [0.1, 0.15) is 22.3 Å². The molecule has 0 spiro atoms. The molecular formula is C15H23NO3. The lowest BCUT2D eigenvalue weighted by Gasteiger charge is -2.21. The number of aliphatic carboxylic acids is 1. The van der Waals surface area contributed by atoms with E-state index in [2.05, 4.69) is 32.9 Å². The van der Waals surface area contributed by atoms with Crippen molar-refractivity contribution in [1.82, 2.24) is 4.90 Å². The van der Waals surface area contributed by atoms with Gasteiger partial charge in [-0.05, 0) is 43.0 Å². The maximum Gasteiger partial charge on any atom is 0.317 e. The Kier molecular flexibility index (Phi) is 5.99. The van der Waals surface area contributed by atoms with E-state index in [4.69, 9.17) is 9.84 Å². The molecule has 19 heavy (non-hydrogen) atoms. The van der Waals surface area contributed by atoms with E-state index in [-0.39, 0.29) is 6.54 Å². The highest BCUT2D eigenvalue weighted by molar-refractivity contribution is 5.69. The van der Waals surface area contributed by atoms with Crippen molar-refractivity contribution in [3.63, 3.8) is 0 Å². The summed E-state index contributed by atoms with van der Waals surface area (Å²) in [5.41, 5.74) is 4.89. The fourth-order valence-corrected chi connectivity index (χ4v) is 2.06. The minimum absolute atomic E-state index is 0.0374. The highest BCUT2D eigenvalue weighted by Gasteiger charge is 2.12. The summed E-state index contributed by atoms with van der Waals surface area (Å²) in [6.45, 7) is 8.07. The van der Waals surface area contributed by atoms with Gasteiger partial charge in [-0.1, -0.05) is 12.1 Å². The van der Waals surface area contributed by atoms with Crippen molar-refractivity contribution in [2.24, 2.45) is 0 Å². The smallest absolute Gasteiger partial charge is 0.317 e. The molecule has 1 N–H and O–H groups in total. The van der Waals surface area contributed by atoms with Crippen LogP contribution >= 0.6 is 0 Å². The van der Waals surface area contributed by atoms with E-state index >= 15 is 0 Å². The van der Waals surface area contributed by atoms with Crippen LogP contribution in [-0.4, -0.2) is 42.8 Å². The first-order valence-electron chi connectivity index (χ1n) is 6.44. The number of methoxy groups -OCH3 is 1. The second-order valence-corrected chi connectivity index (χ2v) is 4.96. The van der Waals surface area contributed by atoms with Crippen LogP contribution in [0.5, 0.6) is 0 Å². The van der Waals surface area contributed by atoms with E-state index < -0.39 is 5.97 Å². The molecule has 1 aromatic rings. The monoisotopic (exact) mass is 265 g/mol. The van der Waals surface area contributed by atoms with Crippen LogP contribution in [0.15, 0.2) is 12.1 Å². The molecule has 0 aliphatic rings. The molecule has 0 unspecified atom stereocenters. The molecule has 0 radical (unpaired) electrons. The van der Waals surface area contributed by atoms with Gasteiger partial charge in [-0.25, -0.2) is 0 Å². The summed E-state index contributed by atoms with van der Waals surface area (Å²) >= 11 is 0. The highest BCUT2D eigenvalue weighted by Crippen LogP contribution is 2.17. The summed E-state index contributed by atoms with van der Waals surface area (Å²) in [5.74, 6) is -0.808. The molecule has 0 bridgehead atoms. The summed E-state index contributed by atoms with van der Waals surface area (Å²) in [5, 5.41) is 8.95. The van der Waals surface area contributed by atoms with Gasteiger partial charge >= 0.3 is 5.97 Å². The number of carbonyl (C=O) groups is 1. The topological polar surface area (TPSA) is 49.8 Å². The molecule has 4 nitrogen and oxygen atoms in total. The van der Waals surface area contributed by atoms with Gasteiger partial charge in [-0.3, -0.25) is 9.69 Å². The van der Waals surface area contributed by atoms with E-state index in [1.54, 1.807) is 7.11 Å². The van der Waals surface area contributed by atoms with Gasteiger partial charge in [0.15, 0.2) is 0 Å². The van der Waals surface area contributed by atoms with E-state index in [0.717, 1.165) is 0 Å². The van der Waals surface area contributed by atoms with Crippen molar-refractivity contribution < 1.29 is 14.6 Å². The molecule has 0 heterocycles. The van der Waals surface area contributed by atoms with Gasteiger partial charge in [0, 0.05) is 20.2 Å². The quantitative estimate of drug-likeness (QED) is 0.820. The Bertz CT molecular complexity index is 443. The third-order valence-electron chi connectivity index (χ3n) is 3.32. The first kappa shape index (κ1) is 15.7. The average Bonchev–Trinajstić information content (AvgIpc) is 2.32. The van der Waals surface area contributed by atoms with Gasteiger partial charge in [0.2, 0.25) is 0 Å². The van der Waals surface area contributed by atoms with Crippen LogP contribution in [0, 0.1) is 20.8 Å². The second-order valence-electron chi connectivity index (χ2n) is 4.96. The zero-order chi connectivity index (χ0) is 14.4. The zero-order valence-corrected chi connectivity index (χ0v) is 12.2. The number of rotatable bonds is 7. The predicted molar refractivity (Wildman–Crippen MR) is 75.4 cm³/mol. The Labute approximate surface area is 115 Å². The number of hydrogen-bond donors (Lipinski definition) is 1. The van der Waals surface area contributed by atoms with Gasteiger partial charge in [-0.15, -0.1) is 0 Å². The third-order valence-corrected chi connectivity index (χ3v) is 3.32. The molecule has 1 aromatic carbocycles. The Morgan fingerprint density at radius 3 is 2.42 bits per heavy atom. The van der Waals surface area contributed by atoms with Crippen molar-refractivity contribution in [3.05, 3.63) is 34.4 Å². The molecule has 0 aliphatic carbocycles. The van der Waals surface area contributed by atoms with Crippen LogP contribution in [-0.2, 0) is 16.1 Å². The Hall–Kier alpha value is -1.39. The lowest BCUT2D eigenvalue weighted by atomic mass is 10.0. The second kappa shape index (κ2) is 7.26. The van der Waals surface area contributed by atoms with Gasteiger partial charge in [0.05, 0.1) is 13.2 Å². The summed E-state index contributed by atoms with van der Waals surface area (Å²) < 4.78 is 5.03. The number of hydrogen-bond acceptors (Lipinski definition) is 3. The van der Waals surface area contributed by atoms with E-state index in [0.29, 0.717) is 19.7 Å². The average molecular weight is 265 g/mol. The Morgan fingerprint density at radius 2 is 1.84 bits per heavy atom. The zero-order valence-electron chi connectivity index (χ0n) is 12.2.